The van der Waals surface area contributed by atoms with Gasteiger partial charge in [-0.1, -0.05) is 19.9 Å². The Hall–Kier alpha value is -1.05. The number of aliphatic imine (C=N–C) groups is 1. The second kappa shape index (κ2) is 12.4. The van der Waals surface area contributed by atoms with E-state index in [4.69, 9.17) is 4.74 Å². The number of aromatic nitrogens is 1. The highest BCUT2D eigenvalue weighted by Crippen LogP contribution is 2.08. The molecule has 0 aliphatic heterocycles. The molecule has 1 rings (SSSR count). The number of pyridine rings is 1. The van der Waals surface area contributed by atoms with E-state index in [1.165, 1.54) is 6.42 Å². The summed E-state index contributed by atoms with van der Waals surface area (Å²) in [5.41, 5.74) is 0.895. The van der Waals surface area contributed by atoms with E-state index in [1.807, 2.05) is 18.2 Å². The number of halogens is 1. The zero-order valence-corrected chi connectivity index (χ0v) is 17.3. The minimum absolute atomic E-state index is 0. The van der Waals surface area contributed by atoms with E-state index in [1.54, 1.807) is 7.11 Å². The van der Waals surface area contributed by atoms with Crippen molar-refractivity contribution < 1.29 is 4.74 Å². The van der Waals surface area contributed by atoms with E-state index < -0.39 is 0 Å². The molecule has 0 amide bonds. The highest BCUT2D eigenvalue weighted by atomic mass is 127. The van der Waals surface area contributed by atoms with E-state index in [0.717, 1.165) is 30.5 Å². The largest absolute Gasteiger partial charge is 0.481 e. The molecule has 0 saturated carbocycles. The van der Waals surface area contributed by atoms with Crippen LogP contribution in [0.25, 0.3) is 0 Å². The summed E-state index contributed by atoms with van der Waals surface area (Å²) in [6.07, 6.45) is 2.35. The summed E-state index contributed by atoms with van der Waals surface area (Å²) in [7, 11) is 1.62. The number of hydrogen-bond acceptors (Lipinski definition) is 3. The Labute approximate surface area is 157 Å². The first-order valence-corrected chi connectivity index (χ1v) is 8.09. The number of ether oxygens (including phenoxy) is 1. The Morgan fingerprint density at radius 3 is 2.61 bits per heavy atom. The van der Waals surface area contributed by atoms with Crippen LogP contribution in [0, 0.1) is 5.92 Å². The number of nitrogens with one attached hydrogen (secondary N) is 2. The predicted octanol–water partition coefficient (Wildman–Crippen LogP) is 3.59. The molecular formula is C17H31IN4O. The van der Waals surface area contributed by atoms with Crippen LogP contribution in [0.15, 0.2) is 23.2 Å². The molecule has 2 N–H and O–H groups in total. The van der Waals surface area contributed by atoms with Crippen molar-refractivity contribution >= 4 is 29.9 Å². The Bertz CT molecular complexity index is 466. The van der Waals surface area contributed by atoms with Crippen LogP contribution in [0.4, 0.5) is 0 Å². The Morgan fingerprint density at radius 1 is 1.26 bits per heavy atom. The summed E-state index contributed by atoms with van der Waals surface area (Å²) in [5.74, 6) is 2.18. The van der Waals surface area contributed by atoms with E-state index in [9.17, 15) is 0 Å². The number of nitrogens with zero attached hydrogens (tertiary/aromatic N) is 2. The van der Waals surface area contributed by atoms with Gasteiger partial charge in [0.25, 0.3) is 0 Å². The van der Waals surface area contributed by atoms with Crippen LogP contribution >= 0.6 is 24.0 Å². The van der Waals surface area contributed by atoms with Gasteiger partial charge < -0.3 is 15.4 Å². The van der Waals surface area contributed by atoms with Crippen molar-refractivity contribution in [3.8, 4) is 5.88 Å². The first-order chi connectivity index (χ1) is 10.5. The van der Waals surface area contributed by atoms with E-state index in [-0.39, 0.29) is 24.0 Å². The molecule has 1 aromatic heterocycles. The fourth-order valence-corrected chi connectivity index (χ4v) is 2.03. The number of rotatable bonds is 8. The highest BCUT2D eigenvalue weighted by Gasteiger charge is 2.06. The van der Waals surface area contributed by atoms with Gasteiger partial charge >= 0.3 is 0 Å². The maximum atomic E-state index is 5.14. The lowest BCUT2D eigenvalue weighted by molar-refractivity contribution is 0.396. The van der Waals surface area contributed by atoms with Gasteiger partial charge in [0, 0.05) is 18.7 Å². The van der Waals surface area contributed by atoms with Crippen LogP contribution in [-0.2, 0) is 6.54 Å². The van der Waals surface area contributed by atoms with Gasteiger partial charge in [-0.25, -0.2) is 9.98 Å². The SMILES string of the molecule is CCNC(=NCc1cccc(OC)n1)NC(C)CCC(C)C.I. The van der Waals surface area contributed by atoms with Gasteiger partial charge in [-0.05, 0) is 38.7 Å². The van der Waals surface area contributed by atoms with Gasteiger partial charge in [0.1, 0.15) is 0 Å². The average molecular weight is 434 g/mol. The molecule has 1 unspecified atom stereocenters. The van der Waals surface area contributed by atoms with Crippen molar-refractivity contribution in [1.29, 1.82) is 0 Å². The number of hydrogen-bond donors (Lipinski definition) is 2. The lowest BCUT2D eigenvalue weighted by atomic mass is 10.0. The summed E-state index contributed by atoms with van der Waals surface area (Å²) in [6, 6.07) is 6.13. The van der Waals surface area contributed by atoms with E-state index >= 15 is 0 Å². The maximum absolute atomic E-state index is 5.14. The normalized spacial score (nSPS) is 12.5. The molecular weight excluding hydrogens is 403 g/mol. The Balaban J connectivity index is 0.00000484. The molecule has 1 heterocycles. The van der Waals surface area contributed by atoms with Crippen LogP contribution in [0.2, 0.25) is 0 Å². The summed E-state index contributed by atoms with van der Waals surface area (Å²) >= 11 is 0. The molecule has 1 atom stereocenters. The van der Waals surface area contributed by atoms with Crippen molar-refractivity contribution in [2.45, 2.75) is 53.1 Å². The standard InChI is InChI=1S/C17H30N4O.HI/c1-6-18-17(20-14(4)11-10-13(2)3)19-12-15-8-7-9-16(21-15)22-5;/h7-9,13-14H,6,10-12H2,1-5H3,(H2,18,19,20);1H. The molecule has 132 valence electrons. The van der Waals surface area contributed by atoms with Crippen LogP contribution < -0.4 is 15.4 Å². The molecule has 0 bridgehead atoms. The molecule has 5 nitrogen and oxygen atoms in total. The molecule has 0 radical (unpaired) electrons. The van der Waals surface area contributed by atoms with Gasteiger partial charge in [-0.15, -0.1) is 24.0 Å². The monoisotopic (exact) mass is 434 g/mol. The second-order valence-electron chi connectivity index (χ2n) is 5.88. The third-order valence-electron chi connectivity index (χ3n) is 3.29. The van der Waals surface area contributed by atoms with Crippen molar-refractivity contribution in [2.24, 2.45) is 10.9 Å². The topological polar surface area (TPSA) is 58.5 Å². The molecule has 0 aliphatic carbocycles. The second-order valence-corrected chi connectivity index (χ2v) is 5.88. The van der Waals surface area contributed by atoms with Crippen molar-refractivity contribution in [3.63, 3.8) is 0 Å². The van der Waals surface area contributed by atoms with Gasteiger partial charge in [-0.2, -0.15) is 0 Å². The summed E-state index contributed by atoms with van der Waals surface area (Å²) in [6.45, 7) is 10.1. The van der Waals surface area contributed by atoms with Gasteiger partial charge in [0.2, 0.25) is 5.88 Å². The molecule has 23 heavy (non-hydrogen) atoms. The van der Waals surface area contributed by atoms with Crippen molar-refractivity contribution in [3.05, 3.63) is 23.9 Å². The van der Waals surface area contributed by atoms with Gasteiger partial charge in [0.15, 0.2) is 5.96 Å². The van der Waals surface area contributed by atoms with Gasteiger partial charge in [-0.3, -0.25) is 0 Å². The lowest BCUT2D eigenvalue weighted by Crippen LogP contribution is -2.42. The zero-order chi connectivity index (χ0) is 16.4. The average Bonchev–Trinajstić information content (AvgIpc) is 2.51. The van der Waals surface area contributed by atoms with Crippen molar-refractivity contribution in [2.75, 3.05) is 13.7 Å². The third-order valence-corrected chi connectivity index (χ3v) is 3.29. The quantitative estimate of drug-likeness (QED) is 0.373. The first-order valence-electron chi connectivity index (χ1n) is 8.09. The maximum Gasteiger partial charge on any atom is 0.213 e. The fraction of sp³-hybridized carbons (Fsp3) is 0.647. The van der Waals surface area contributed by atoms with Gasteiger partial charge in [0.05, 0.1) is 19.3 Å². The molecule has 0 saturated heterocycles. The molecule has 6 heteroatoms. The van der Waals surface area contributed by atoms with Crippen LogP contribution in [0.5, 0.6) is 5.88 Å². The minimum Gasteiger partial charge on any atom is -0.481 e. The lowest BCUT2D eigenvalue weighted by Gasteiger charge is -2.18. The first kappa shape index (κ1) is 21.9. The predicted molar refractivity (Wildman–Crippen MR) is 108 cm³/mol. The Kier molecular flexibility index (Phi) is 11.8. The molecule has 0 aromatic carbocycles. The third kappa shape index (κ3) is 9.63. The summed E-state index contributed by atoms with van der Waals surface area (Å²) < 4.78 is 5.14. The summed E-state index contributed by atoms with van der Waals surface area (Å²) in [4.78, 5) is 8.98. The van der Waals surface area contributed by atoms with Crippen LogP contribution in [0.1, 0.15) is 46.2 Å². The molecule has 0 fully saturated rings. The van der Waals surface area contributed by atoms with Crippen LogP contribution in [0.3, 0.4) is 0 Å². The highest BCUT2D eigenvalue weighted by molar-refractivity contribution is 14.0. The fourth-order valence-electron chi connectivity index (χ4n) is 2.03. The van der Waals surface area contributed by atoms with Crippen molar-refractivity contribution in [1.82, 2.24) is 15.6 Å². The summed E-state index contributed by atoms with van der Waals surface area (Å²) in [5, 5.41) is 6.73. The Morgan fingerprint density at radius 2 is 2.00 bits per heavy atom. The van der Waals surface area contributed by atoms with E-state index in [0.29, 0.717) is 18.5 Å². The molecule has 0 spiro atoms. The molecule has 1 aromatic rings. The smallest absolute Gasteiger partial charge is 0.213 e. The van der Waals surface area contributed by atoms with Crippen LogP contribution in [-0.4, -0.2) is 30.6 Å². The number of guanidine groups is 1. The minimum atomic E-state index is 0. The zero-order valence-electron chi connectivity index (χ0n) is 14.9. The number of methoxy groups -OCH3 is 1. The van der Waals surface area contributed by atoms with E-state index in [2.05, 4.69) is 48.3 Å². The molecule has 0 aliphatic rings.